The number of Topliss-reactive ketones (excluding diaryl/α,β-unsaturated/α-hetero) is 1. The smallest absolute Gasteiger partial charge is 0.389 e. The summed E-state index contributed by atoms with van der Waals surface area (Å²) in [4.78, 5) is 22.6. The van der Waals surface area contributed by atoms with E-state index >= 15 is 0 Å². The molecule has 1 saturated carbocycles. The van der Waals surface area contributed by atoms with Gasteiger partial charge in [-0.3, -0.25) is 9.59 Å². The van der Waals surface area contributed by atoms with Crippen molar-refractivity contribution in [1.82, 2.24) is 0 Å². The van der Waals surface area contributed by atoms with Gasteiger partial charge in [0.05, 0.1) is 5.60 Å². The standard InChI is InChI=1S/C19H31F3O4S/c1-18(26,11-6-12-19(20,21)22)13-27-16-10-9-15(23)14(16)7-4-2-3-5-8-17(24)25/h14,16,26H,2-13H2,1H3,(H,24,25). The monoisotopic (exact) mass is 412 g/mol. The maximum Gasteiger partial charge on any atom is 0.389 e. The Morgan fingerprint density at radius 1 is 1.15 bits per heavy atom. The number of halogens is 3. The first-order chi connectivity index (χ1) is 12.5. The van der Waals surface area contributed by atoms with Crippen molar-refractivity contribution in [3.8, 4) is 0 Å². The molecule has 2 N–H and O–H groups in total. The number of alkyl halides is 3. The number of carbonyl (C=O) groups is 2. The molecular weight excluding hydrogens is 381 g/mol. The molecule has 0 aromatic rings. The van der Waals surface area contributed by atoms with Crippen molar-refractivity contribution >= 4 is 23.5 Å². The molecule has 0 aromatic carbocycles. The molecule has 0 aromatic heterocycles. The second-order valence-corrected chi connectivity index (χ2v) is 9.00. The summed E-state index contributed by atoms with van der Waals surface area (Å²) < 4.78 is 36.7. The first-order valence-corrected chi connectivity index (χ1v) is 10.7. The lowest BCUT2D eigenvalue weighted by molar-refractivity contribution is -0.138. The van der Waals surface area contributed by atoms with Crippen LogP contribution in [0.3, 0.4) is 0 Å². The molecule has 27 heavy (non-hydrogen) atoms. The van der Waals surface area contributed by atoms with Gasteiger partial charge in [-0.25, -0.2) is 0 Å². The number of aliphatic carboxylic acids is 1. The predicted octanol–water partition coefficient (Wildman–Crippen LogP) is 4.98. The first-order valence-electron chi connectivity index (χ1n) is 9.65. The molecule has 158 valence electrons. The average Bonchev–Trinajstić information content (AvgIpc) is 2.87. The van der Waals surface area contributed by atoms with Crippen molar-refractivity contribution in [2.45, 2.75) is 94.6 Å². The third-order valence-corrected chi connectivity index (χ3v) is 6.76. The Balaban J connectivity index is 2.31. The maximum absolute atomic E-state index is 12.2. The summed E-state index contributed by atoms with van der Waals surface area (Å²) >= 11 is 1.50. The molecule has 4 nitrogen and oxygen atoms in total. The molecule has 1 fully saturated rings. The van der Waals surface area contributed by atoms with Crippen LogP contribution < -0.4 is 0 Å². The summed E-state index contributed by atoms with van der Waals surface area (Å²) in [5.74, 6) is -0.285. The fourth-order valence-corrected chi connectivity index (χ4v) is 4.97. The van der Waals surface area contributed by atoms with Gasteiger partial charge in [-0.05, 0) is 39.0 Å². The molecule has 0 bridgehead atoms. The summed E-state index contributed by atoms with van der Waals surface area (Å²) in [6.45, 7) is 1.56. The van der Waals surface area contributed by atoms with E-state index in [4.69, 9.17) is 5.11 Å². The van der Waals surface area contributed by atoms with E-state index in [1.165, 1.54) is 11.8 Å². The van der Waals surface area contributed by atoms with Crippen LogP contribution in [0.25, 0.3) is 0 Å². The SMILES string of the molecule is CC(O)(CCCC(F)(F)F)CSC1CCC(=O)C1CCCCCCC(=O)O. The Hall–Kier alpha value is -0.760. The Morgan fingerprint density at radius 3 is 2.44 bits per heavy atom. The van der Waals surface area contributed by atoms with Gasteiger partial charge in [-0.15, -0.1) is 0 Å². The minimum Gasteiger partial charge on any atom is -0.481 e. The van der Waals surface area contributed by atoms with E-state index in [1.54, 1.807) is 6.92 Å². The quantitative estimate of drug-likeness (QED) is 0.418. The lowest BCUT2D eigenvalue weighted by Crippen LogP contribution is -2.30. The largest absolute Gasteiger partial charge is 0.481 e. The third-order valence-electron chi connectivity index (χ3n) is 4.98. The van der Waals surface area contributed by atoms with Crippen LogP contribution >= 0.6 is 11.8 Å². The van der Waals surface area contributed by atoms with Gasteiger partial charge < -0.3 is 10.2 Å². The summed E-state index contributed by atoms with van der Waals surface area (Å²) in [5.41, 5.74) is -1.16. The number of carboxylic acid groups (broad SMARTS) is 1. The number of aliphatic hydroxyl groups is 1. The highest BCUT2D eigenvalue weighted by Crippen LogP contribution is 2.38. The van der Waals surface area contributed by atoms with E-state index in [0.717, 1.165) is 32.1 Å². The second kappa shape index (κ2) is 11.3. The van der Waals surface area contributed by atoms with Crippen LogP contribution in [0.2, 0.25) is 0 Å². The molecule has 1 aliphatic rings. The van der Waals surface area contributed by atoms with Crippen molar-refractivity contribution in [2.24, 2.45) is 5.92 Å². The van der Waals surface area contributed by atoms with Crippen molar-refractivity contribution in [3.63, 3.8) is 0 Å². The van der Waals surface area contributed by atoms with Crippen molar-refractivity contribution < 1.29 is 33.0 Å². The molecule has 0 amide bonds. The zero-order valence-corrected chi connectivity index (χ0v) is 16.7. The summed E-state index contributed by atoms with van der Waals surface area (Å²) in [6, 6.07) is 0. The lowest BCUT2D eigenvalue weighted by Gasteiger charge is -2.26. The fraction of sp³-hybridized carbons (Fsp3) is 0.895. The van der Waals surface area contributed by atoms with Gasteiger partial charge >= 0.3 is 12.1 Å². The molecule has 0 radical (unpaired) electrons. The zero-order chi connectivity index (χ0) is 20.5. The third kappa shape index (κ3) is 11.0. The second-order valence-electron chi connectivity index (χ2n) is 7.77. The molecule has 0 saturated heterocycles. The molecule has 8 heteroatoms. The van der Waals surface area contributed by atoms with Crippen LogP contribution in [-0.2, 0) is 9.59 Å². The number of hydrogen-bond donors (Lipinski definition) is 2. The van der Waals surface area contributed by atoms with Crippen LogP contribution in [0.15, 0.2) is 0 Å². The predicted molar refractivity (Wildman–Crippen MR) is 99.8 cm³/mol. The number of hydrogen-bond acceptors (Lipinski definition) is 4. The van der Waals surface area contributed by atoms with Gasteiger partial charge in [0.15, 0.2) is 0 Å². The number of rotatable bonds is 13. The van der Waals surface area contributed by atoms with Crippen LogP contribution in [0.4, 0.5) is 13.2 Å². The van der Waals surface area contributed by atoms with Crippen molar-refractivity contribution in [1.29, 1.82) is 0 Å². The summed E-state index contributed by atoms with van der Waals surface area (Å²) in [5, 5.41) is 19.0. The molecule has 3 unspecified atom stereocenters. The van der Waals surface area contributed by atoms with Crippen LogP contribution in [0.1, 0.15) is 77.6 Å². The summed E-state index contributed by atoms with van der Waals surface area (Å²) in [6.07, 6.45) is 0.365. The minimum atomic E-state index is -4.20. The van der Waals surface area contributed by atoms with Gasteiger partial charge in [0.25, 0.3) is 0 Å². The Morgan fingerprint density at radius 2 is 1.81 bits per heavy atom. The van der Waals surface area contributed by atoms with E-state index < -0.39 is 24.2 Å². The van der Waals surface area contributed by atoms with Crippen molar-refractivity contribution in [2.75, 3.05) is 5.75 Å². The minimum absolute atomic E-state index is 0.0551. The van der Waals surface area contributed by atoms with Crippen LogP contribution in [0, 0.1) is 5.92 Å². The zero-order valence-electron chi connectivity index (χ0n) is 15.9. The average molecular weight is 413 g/mol. The molecule has 3 atom stereocenters. The number of unbranched alkanes of at least 4 members (excludes halogenated alkanes) is 3. The van der Waals surface area contributed by atoms with Gasteiger partial charge in [0.1, 0.15) is 5.78 Å². The van der Waals surface area contributed by atoms with E-state index in [9.17, 15) is 27.9 Å². The van der Waals surface area contributed by atoms with Gasteiger partial charge in [0.2, 0.25) is 0 Å². The molecule has 0 spiro atoms. The van der Waals surface area contributed by atoms with Crippen molar-refractivity contribution in [3.05, 3.63) is 0 Å². The summed E-state index contributed by atoms with van der Waals surface area (Å²) in [7, 11) is 0. The molecular formula is C19H31F3O4S. The van der Waals surface area contributed by atoms with Gasteiger partial charge in [-0.2, -0.15) is 24.9 Å². The number of thioether (sulfide) groups is 1. The Kier molecular flexibility index (Phi) is 10.2. The molecule has 1 rings (SSSR count). The molecule has 0 heterocycles. The highest BCUT2D eigenvalue weighted by Gasteiger charge is 2.36. The van der Waals surface area contributed by atoms with Gasteiger partial charge in [0, 0.05) is 36.2 Å². The fourth-order valence-electron chi connectivity index (χ4n) is 3.45. The number of ketones is 1. The molecule has 0 aliphatic heterocycles. The number of carboxylic acids is 1. The Bertz CT molecular complexity index is 480. The number of carbonyl (C=O) groups excluding carboxylic acids is 1. The Labute approximate surface area is 163 Å². The highest BCUT2D eigenvalue weighted by atomic mass is 32.2. The normalized spacial score (nSPS) is 22.8. The highest BCUT2D eigenvalue weighted by molar-refractivity contribution is 8.00. The maximum atomic E-state index is 12.2. The van der Waals surface area contributed by atoms with E-state index in [0.29, 0.717) is 18.6 Å². The first kappa shape index (κ1) is 24.3. The topological polar surface area (TPSA) is 74.6 Å². The van der Waals surface area contributed by atoms with Crippen LogP contribution in [0.5, 0.6) is 0 Å². The van der Waals surface area contributed by atoms with Gasteiger partial charge in [-0.1, -0.05) is 19.3 Å². The van der Waals surface area contributed by atoms with E-state index in [-0.39, 0.29) is 36.2 Å². The van der Waals surface area contributed by atoms with Crippen LogP contribution in [-0.4, -0.2) is 44.7 Å². The molecule has 1 aliphatic carbocycles. The lowest BCUT2D eigenvalue weighted by atomic mass is 9.98. The van der Waals surface area contributed by atoms with E-state index in [1.807, 2.05) is 0 Å². The van der Waals surface area contributed by atoms with E-state index in [2.05, 4.69) is 0 Å².